The first-order valence-electron chi connectivity index (χ1n) is 6.46. The number of nitrogens with one attached hydrogen (secondary N) is 1. The Morgan fingerprint density at radius 3 is 2.56 bits per heavy atom. The minimum atomic E-state index is 0.0202. The molecule has 0 heterocycles. The molecule has 1 fully saturated rings. The van der Waals surface area contributed by atoms with Gasteiger partial charge in [0, 0.05) is 24.3 Å². The van der Waals surface area contributed by atoms with Gasteiger partial charge in [0.25, 0.3) is 0 Å². The van der Waals surface area contributed by atoms with E-state index < -0.39 is 0 Å². The van der Waals surface area contributed by atoms with E-state index in [1.807, 2.05) is 18.2 Å². The topological polar surface area (TPSA) is 53.1 Å². The van der Waals surface area contributed by atoms with E-state index in [0.717, 1.165) is 5.69 Å². The number of rotatable bonds is 3. The summed E-state index contributed by atoms with van der Waals surface area (Å²) in [6.07, 6.45) is 6.49. The number of nitrogens with two attached hydrogens (primary N) is 1. The predicted molar refractivity (Wildman–Crippen MR) is 77.7 cm³/mol. The molecule has 1 aromatic carbocycles. The summed E-state index contributed by atoms with van der Waals surface area (Å²) in [6, 6.07) is 6.35. The summed E-state index contributed by atoms with van der Waals surface area (Å²) in [5, 5.41) is 7.99. The van der Waals surface area contributed by atoms with Gasteiger partial charge in [-0.3, -0.25) is 5.41 Å². The lowest BCUT2D eigenvalue weighted by molar-refractivity contribution is 0.427. The number of hydrogen-bond donors (Lipinski definition) is 2. The van der Waals surface area contributed by atoms with Crippen molar-refractivity contribution in [3.63, 3.8) is 0 Å². The van der Waals surface area contributed by atoms with E-state index in [0.29, 0.717) is 16.6 Å². The molecule has 18 heavy (non-hydrogen) atoms. The van der Waals surface area contributed by atoms with Crippen molar-refractivity contribution < 1.29 is 0 Å². The molecular weight excluding hydrogens is 246 g/mol. The number of halogens is 1. The van der Waals surface area contributed by atoms with Crippen LogP contribution in [0.15, 0.2) is 18.2 Å². The molecule has 1 aliphatic rings. The zero-order valence-corrected chi connectivity index (χ0v) is 11.5. The molecular formula is C14H20ClN3. The van der Waals surface area contributed by atoms with Gasteiger partial charge in [-0.25, -0.2) is 0 Å². The van der Waals surface area contributed by atoms with Crippen LogP contribution in [-0.2, 0) is 0 Å². The normalized spacial score (nSPS) is 16.6. The molecule has 0 aromatic heterocycles. The number of benzene rings is 1. The molecule has 4 heteroatoms. The minimum absolute atomic E-state index is 0.0202. The van der Waals surface area contributed by atoms with Crippen LogP contribution >= 0.6 is 11.6 Å². The standard InChI is InChI=1S/C14H20ClN3/c1-18(10-5-3-2-4-6-10)11-7-8-12(14(16)17)13(15)9-11/h7-10H,2-6H2,1H3,(H3,16,17). The van der Waals surface area contributed by atoms with Gasteiger partial charge in [-0.15, -0.1) is 0 Å². The van der Waals surface area contributed by atoms with Crippen molar-refractivity contribution >= 4 is 23.1 Å². The van der Waals surface area contributed by atoms with E-state index in [1.165, 1.54) is 32.1 Å². The Morgan fingerprint density at radius 2 is 2.00 bits per heavy atom. The van der Waals surface area contributed by atoms with Crippen LogP contribution < -0.4 is 10.6 Å². The van der Waals surface area contributed by atoms with Crippen LogP contribution in [0.1, 0.15) is 37.7 Å². The van der Waals surface area contributed by atoms with Crippen molar-refractivity contribution in [3.8, 4) is 0 Å². The van der Waals surface area contributed by atoms with Crippen LogP contribution in [0.3, 0.4) is 0 Å². The van der Waals surface area contributed by atoms with E-state index >= 15 is 0 Å². The van der Waals surface area contributed by atoms with Crippen LogP contribution in [0, 0.1) is 5.41 Å². The molecule has 0 bridgehead atoms. The molecule has 0 radical (unpaired) electrons. The summed E-state index contributed by atoms with van der Waals surface area (Å²) in [5.74, 6) is 0.0202. The fourth-order valence-electron chi connectivity index (χ4n) is 2.62. The quantitative estimate of drug-likeness (QED) is 0.650. The average molecular weight is 266 g/mol. The number of nitrogens with zero attached hydrogens (tertiary/aromatic N) is 1. The first-order chi connectivity index (χ1) is 8.59. The molecule has 1 saturated carbocycles. The monoisotopic (exact) mass is 265 g/mol. The zero-order chi connectivity index (χ0) is 13.1. The Kier molecular flexibility index (Phi) is 4.12. The number of amidine groups is 1. The van der Waals surface area contributed by atoms with Crippen molar-refractivity contribution in [3.05, 3.63) is 28.8 Å². The Bertz CT molecular complexity index is 439. The first kappa shape index (κ1) is 13.2. The summed E-state index contributed by atoms with van der Waals surface area (Å²) >= 11 is 6.16. The summed E-state index contributed by atoms with van der Waals surface area (Å²) < 4.78 is 0. The lowest BCUT2D eigenvalue weighted by atomic mass is 9.94. The Morgan fingerprint density at radius 1 is 1.33 bits per heavy atom. The van der Waals surface area contributed by atoms with Crippen LogP contribution in [0.2, 0.25) is 5.02 Å². The molecule has 2 rings (SSSR count). The molecule has 3 nitrogen and oxygen atoms in total. The number of nitrogen functional groups attached to an aromatic ring is 1. The highest BCUT2D eigenvalue weighted by Gasteiger charge is 2.19. The van der Waals surface area contributed by atoms with Gasteiger partial charge in [0.15, 0.2) is 0 Å². The van der Waals surface area contributed by atoms with Gasteiger partial charge >= 0.3 is 0 Å². The molecule has 98 valence electrons. The Labute approximate surface area is 113 Å². The zero-order valence-electron chi connectivity index (χ0n) is 10.7. The van der Waals surface area contributed by atoms with Gasteiger partial charge in [-0.2, -0.15) is 0 Å². The minimum Gasteiger partial charge on any atom is -0.384 e. The smallest absolute Gasteiger partial charge is 0.124 e. The summed E-state index contributed by atoms with van der Waals surface area (Å²) in [5.41, 5.74) is 7.19. The third-order valence-corrected chi connectivity index (χ3v) is 4.09. The maximum Gasteiger partial charge on any atom is 0.124 e. The van der Waals surface area contributed by atoms with E-state index in [-0.39, 0.29) is 5.84 Å². The van der Waals surface area contributed by atoms with Crippen molar-refractivity contribution in [2.75, 3.05) is 11.9 Å². The molecule has 1 aromatic rings. The van der Waals surface area contributed by atoms with Crippen LogP contribution in [-0.4, -0.2) is 18.9 Å². The number of anilines is 1. The second kappa shape index (κ2) is 5.61. The summed E-state index contributed by atoms with van der Waals surface area (Å²) in [7, 11) is 2.12. The third-order valence-electron chi connectivity index (χ3n) is 3.77. The Balaban J connectivity index is 2.17. The third kappa shape index (κ3) is 2.78. The number of hydrogen-bond acceptors (Lipinski definition) is 2. The van der Waals surface area contributed by atoms with Crippen LogP contribution in [0.25, 0.3) is 0 Å². The predicted octanol–water partition coefficient (Wildman–Crippen LogP) is 3.39. The molecule has 0 amide bonds. The Hall–Kier alpha value is -1.22. The SMILES string of the molecule is CN(c1ccc(C(=N)N)c(Cl)c1)C1CCCCC1. The van der Waals surface area contributed by atoms with Crippen molar-refractivity contribution in [1.29, 1.82) is 5.41 Å². The van der Waals surface area contributed by atoms with Gasteiger partial charge in [-0.05, 0) is 31.0 Å². The maximum atomic E-state index is 7.43. The van der Waals surface area contributed by atoms with E-state index in [2.05, 4.69) is 11.9 Å². The van der Waals surface area contributed by atoms with Gasteiger partial charge in [0.1, 0.15) is 5.84 Å². The molecule has 0 saturated heterocycles. The molecule has 1 aliphatic carbocycles. The highest BCUT2D eigenvalue weighted by Crippen LogP contribution is 2.28. The molecule has 0 aliphatic heterocycles. The van der Waals surface area contributed by atoms with Crippen LogP contribution in [0.5, 0.6) is 0 Å². The second-order valence-corrected chi connectivity index (χ2v) is 5.39. The van der Waals surface area contributed by atoms with E-state index in [9.17, 15) is 0 Å². The molecule has 0 spiro atoms. The van der Waals surface area contributed by atoms with Gasteiger partial charge < -0.3 is 10.6 Å². The lowest BCUT2D eigenvalue weighted by Gasteiger charge is -2.33. The van der Waals surface area contributed by atoms with Gasteiger partial charge in [0.2, 0.25) is 0 Å². The molecule has 0 unspecified atom stereocenters. The summed E-state index contributed by atoms with van der Waals surface area (Å²) in [4.78, 5) is 2.30. The lowest BCUT2D eigenvalue weighted by Crippen LogP contribution is -2.33. The largest absolute Gasteiger partial charge is 0.384 e. The van der Waals surface area contributed by atoms with Crippen molar-refractivity contribution in [2.24, 2.45) is 5.73 Å². The van der Waals surface area contributed by atoms with Crippen molar-refractivity contribution in [1.82, 2.24) is 0 Å². The molecule has 0 atom stereocenters. The summed E-state index contributed by atoms with van der Waals surface area (Å²) in [6.45, 7) is 0. The molecule has 3 N–H and O–H groups in total. The highest BCUT2D eigenvalue weighted by atomic mass is 35.5. The fourth-order valence-corrected chi connectivity index (χ4v) is 2.90. The second-order valence-electron chi connectivity index (χ2n) is 4.98. The first-order valence-corrected chi connectivity index (χ1v) is 6.84. The van der Waals surface area contributed by atoms with Gasteiger partial charge in [-0.1, -0.05) is 30.9 Å². The van der Waals surface area contributed by atoms with Crippen molar-refractivity contribution in [2.45, 2.75) is 38.1 Å². The highest BCUT2D eigenvalue weighted by molar-refractivity contribution is 6.34. The van der Waals surface area contributed by atoms with Gasteiger partial charge in [0.05, 0.1) is 5.02 Å². The van der Waals surface area contributed by atoms with E-state index in [4.69, 9.17) is 22.7 Å². The average Bonchev–Trinajstić information content (AvgIpc) is 2.38. The fraction of sp³-hybridized carbons (Fsp3) is 0.500. The van der Waals surface area contributed by atoms with Crippen LogP contribution in [0.4, 0.5) is 5.69 Å². The maximum absolute atomic E-state index is 7.43. The van der Waals surface area contributed by atoms with E-state index in [1.54, 1.807) is 0 Å².